The molecule has 0 aliphatic heterocycles. The second-order valence-electron chi connectivity index (χ2n) is 6.28. The van der Waals surface area contributed by atoms with Crippen LogP contribution in [0.5, 0.6) is 0 Å². The fraction of sp³-hybridized carbons (Fsp3) is 0.647. The standard InChI is InChI=1S/C17H26FNO/c1-11-7-5-6-8-16(11)19(4)17-9-12(2)15(18)10-14(17)13(3)20/h9-11,13,16,20H,5-8H2,1-4H3/t11?,13-,16?/m0/s1. The highest BCUT2D eigenvalue weighted by Gasteiger charge is 2.27. The van der Waals surface area contributed by atoms with Crippen molar-refractivity contribution in [3.05, 3.63) is 29.1 Å². The van der Waals surface area contributed by atoms with Crippen LogP contribution in [0.25, 0.3) is 0 Å². The Morgan fingerprint density at radius 3 is 2.55 bits per heavy atom. The highest BCUT2D eigenvalue weighted by molar-refractivity contribution is 5.57. The second kappa shape index (κ2) is 6.13. The van der Waals surface area contributed by atoms with Crippen LogP contribution in [-0.4, -0.2) is 18.2 Å². The van der Waals surface area contributed by atoms with E-state index in [1.807, 2.05) is 6.07 Å². The predicted octanol–water partition coefficient (Wildman–Crippen LogP) is 4.20. The number of rotatable bonds is 3. The van der Waals surface area contributed by atoms with E-state index < -0.39 is 6.10 Å². The highest BCUT2D eigenvalue weighted by atomic mass is 19.1. The van der Waals surface area contributed by atoms with Crippen molar-refractivity contribution >= 4 is 5.69 Å². The zero-order chi connectivity index (χ0) is 14.9. The van der Waals surface area contributed by atoms with Gasteiger partial charge >= 0.3 is 0 Å². The van der Waals surface area contributed by atoms with Gasteiger partial charge in [-0.05, 0) is 50.3 Å². The van der Waals surface area contributed by atoms with Gasteiger partial charge in [0, 0.05) is 24.3 Å². The lowest BCUT2D eigenvalue weighted by Crippen LogP contribution is -2.39. The molecule has 112 valence electrons. The zero-order valence-corrected chi connectivity index (χ0v) is 13.0. The molecule has 1 aliphatic rings. The molecule has 0 spiro atoms. The summed E-state index contributed by atoms with van der Waals surface area (Å²) in [6.07, 6.45) is 4.33. The van der Waals surface area contributed by atoms with Crippen molar-refractivity contribution in [3.8, 4) is 0 Å². The molecule has 20 heavy (non-hydrogen) atoms. The van der Waals surface area contributed by atoms with Crippen LogP contribution in [0, 0.1) is 18.7 Å². The third kappa shape index (κ3) is 2.98. The fourth-order valence-electron chi connectivity index (χ4n) is 3.37. The number of nitrogens with zero attached hydrogens (tertiary/aromatic N) is 1. The Balaban J connectivity index is 2.37. The van der Waals surface area contributed by atoms with Gasteiger partial charge in [-0.15, -0.1) is 0 Å². The molecule has 0 saturated heterocycles. The minimum Gasteiger partial charge on any atom is -0.389 e. The summed E-state index contributed by atoms with van der Waals surface area (Å²) < 4.78 is 13.8. The Bertz CT molecular complexity index is 472. The summed E-state index contributed by atoms with van der Waals surface area (Å²) in [6.45, 7) is 5.77. The Hall–Kier alpha value is -1.09. The van der Waals surface area contributed by atoms with Crippen LogP contribution in [0.3, 0.4) is 0 Å². The maximum absolute atomic E-state index is 13.8. The van der Waals surface area contributed by atoms with Crippen molar-refractivity contribution in [2.45, 2.75) is 58.6 Å². The highest BCUT2D eigenvalue weighted by Crippen LogP contribution is 2.35. The van der Waals surface area contributed by atoms with Crippen LogP contribution in [0.2, 0.25) is 0 Å². The van der Waals surface area contributed by atoms with Gasteiger partial charge in [0.05, 0.1) is 6.10 Å². The molecule has 2 nitrogen and oxygen atoms in total. The minimum absolute atomic E-state index is 0.241. The first kappa shape index (κ1) is 15.3. The average molecular weight is 279 g/mol. The molecule has 0 heterocycles. The Morgan fingerprint density at radius 1 is 1.30 bits per heavy atom. The normalized spacial score (nSPS) is 24.5. The smallest absolute Gasteiger partial charge is 0.126 e. The third-order valence-electron chi connectivity index (χ3n) is 4.70. The van der Waals surface area contributed by atoms with Gasteiger partial charge in [-0.2, -0.15) is 0 Å². The van der Waals surface area contributed by atoms with Gasteiger partial charge in [0.1, 0.15) is 5.82 Å². The maximum Gasteiger partial charge on any atom is 0.126 e. The zero-order valence-electron chi connectivity index (χ0n) is 13.0. The van der Waals surface area contributed by atoms with Crippen molar-refractivity contribution in [3.63, 3.8) is 0 Å². The van der Waals surface area contributed by atoms with Gasteiger partial charge in [0.15, 0.2) is 0 Å². The third-order valence-corrected chi connectivity index (χ3v) is 4.70. The summed E-state index contributed by atoms with van der Waals surface area (Å²) in [5.74, 6) is 0.399. The van der Waals surface area contributed by atoms with E-state index in [-0.39, 0.29) is 5.82 Å². The summed E-state index contributed by atoms with van der Waals surface area (Å²) in [7, 11) is 2.07. The van der Waals surface area contributed by atoms with Crippen LogP contribution in [0.1, 0.15) is 56.8 Å². The fourth-order valence-corrected chi connectivity index (χ4v) is 3.37. The van der Waals surface area contributed by atoms with Crippen LogP contribution in [0.15, 0.2) is 12.1 Å². The van der Waals surface area contributed by atoms with E-state index in [1.165, 1.54) is 31.7 Å². The molecule has 3 atom stereocenters. The predicted molar refractivity (Wildman–Crippen MR) is 81.6 cm³/mol. The quantitative estimate of drug-likeness (QED) is 0.896. The lowest BCUT2D eigenvalue weighted by molar-refractivity contribution is 0.198. The Morgan fingerprint density at radius 2 is 1.95 bits per heavy atom. The van der Waals surface area contributed by atoms with Crippen LogP contribution < -0.4 is 4.90 Å². The SMILES string of the molecule is Cc1cc(N(C)C2CCCCC2C)c([C@H](C)O)cc1F. The van der Waals surface area contributed by atoms with Crippen molar-refractivity contribution < 1.29 is 9.50 Å². The van der Waals surface area contributed by atoms with E-state index >= 15 is 0 Å². The molecule has 1 aliphatic carbocycles. The van der Waals surface area contributed by atoms with Gasteiger partial charge < -0.3 is 10.0 Å². The number of hydrogen-bond donors (Lipinski definition) is 1. The number of halogens is 1. The largest absolute Gasteiger partial charge is 0.389 e. The van der Waals surface area contributed by atoms with E-state index in [0.717, 1.165) is 5.69 Å². The lowest BCUT2D eigenvalue weighted by Gasteiger charge is -2.39. The number of anilines is 1. The summed E-state index contributed by atoms with van der Waals surface area (Å²) in [5.41, 5.74) is 2.30. The molecular weight excluding hydrogens is 253 g/mol. The maximum atomic E-state index is 13.8. The van der Waals surface area contributed by atoms with Crippen molar-refractivity contribution in [1.82, 2.24) is 0 Å². The molecule has 0 aromatic heterocycles. The molecule has 1 N–H and O–H groups in total. The van der Waals surface area contributed by atoms with Gasteiger partial charge in [-0.3, -0.25) is 0 Å². The molecule has 3 heteroatoms. The van der Waals surface area contributed by atoms with Crippen molar-refractivity contribution in [2.75, 3.05) is 11.9 Å². The molecule has 0 radical (unpaired) electrons. The number of aliphatic hydroxyl groups is 1. The number of aryl methyl sites for hydroxylation is 1. The molecular formula is C17H26FNO. The first-order valence-electron chi connectivity index (χ1n) is 7.62. The number of hydrogen-bond acceptors (Lipinski definition) is 2. The Kier molecular flexibility index (Phi) is 4.69. The molecule has 1 aromatic rings. The molecule has 1 aromatic carbocycles. The van der Waals surface area contributed by atoms with Crippen molar-refractivity contribution in [2.24, 2.45) is 5.92 Å². The summed E-state index contributed by atoms with van der Waals surface area (Å²) in [4.78, 5) is 2.25. The monoisotopic (exact) mass is 279 g/mol. The Labute approximate surface area is 121 Å². The van der Waals surface area contributed by atoms with E-state index in [1.54, 1.807) is 13.8 Å². The molecule has 0 bridgehead atoms. The van der Waals surface area contributed by atoms with E-state index in [4.69, 9.17) is 0 Å². The molecule has 2 rings (SSSR count). The molecule has 2 unspecified atom stereocenters. The first-order valence-corrected chi connectivity index (χ1v) is 7.62. The summed E-state index contributed by atoms with van der Waals surface area (Å²) >= 11 is 0. The minimum atomic E-state index is -0.651. The van der Waals surface area contributed by atoms with Gasteiger partial charge in [-0.1, -0.05) is 19.8 Å². The van der Waals surface area contributed by atoms with Gasteiger partial charge in [0.25, 0.3) is 0 Å². The van der Waals surface area contributed by atoms with Crippen LogP contribution in [0.4, 0.5) is 10.1 Å². The second-order valence-corrected chi connectivity index (χ2v) is 6.28. The molecule has 1 fully saturated rings. The van der Waals surface area contributed by atoms with Crippen molar-refractivity contribution in [1.29, 1.82) is 0 Å². The van der Waals surface area contributed by atoms with Crippen LogP contribution in [-0.2, 0) is 0 Å². The lowest BCUT2D eigenvalue weighted by atomic mass is 9.84. The number of aliphatic hydroxyl groups excluding tert-OH is 1. The first-order chi connectivity index (χ1) is 9.41. The summed E-state index contributed by atoms with van der Waals surface area (Å²) in [5, 5.41) is 9.94. The van der Waals surface area contributed by atoms with Crippen LogP contribution >= 0.6 is 0 Å². The molecule has 1 saturated carbocycles. The molecule has 0 amide bonds. The van der Waals surface area contributed by atoms with E-state index in [2.05, 4.69) is 18.9 Å². The average Bonchev–Trinajstić information content (AvgIpc) is 2.41. The van der Waals surface area contributed by atoms with E-state index in [0.29, 0.717) is 23.1 Å². The van der Waals surface area contributed by atoms with Gasteiger partial charge in [-0.25, -0.2) is 4.39 Å². The summed E-state index contributed by atoms with van der Waals surface area (Å²) in [6, 6.07) is 3.84. The number of benzene rings is 1. The van der Waals surface area contributed by atoms with Gasteiger partial charge in [0.2, 0.25) is 0 Å². The van der Waals surface area contributed by atoms with E-state index in [9.17, 15) is 9.50 Å². The topological polar surface area (TPSA) is 23.5 Å².